The molecule has 5 rings (SSSR count). The SMILES string of the molecule is CN(C)c1ccc(N=C2C=C3Sc4ccccc4NC3c3ncccc32)cc1. The molecular formula is C23H20N4S. The van der Waals surface area contributed by atoms with E-state index in [1.54, 1.807) is 11.8 Å². The lowest BCUT2D eigenvalue weighted by Crippen LogP contribution is -2.24. The van der Waals surface area contributed by atoms with Crippen LogP contribution in [0.1, 0.15) is 17.3 Å². The predicted octanol–water partition coefficient (Wildman–Crippen LogP) is 5.42. The van der Waals surface area contributed by atoms with E-state index in [0.717, 1.165) is 34.0 Å². The van der Waals surface area contributed by atoms with Gasteiger partial charge in [0.25, 0.3) is 0 Å². The number of aliphatic imine (C=N–C) groups is 1. The normalized spacial score (nSPS) is 18.4. The first-order valence-electron chi connectivity index (χ1n) is 9.25. The third kappa shape index (κ3) is 2.98. The number of aromatic nitrogens is 1. The molecule has 2 aliphatic rings. The maximum atomic E-state index is 4.95. The summed E-state index contributed by atoms with van der Waals surface area (Å²) in [5.74, 6) is 0. The number of anilines is 2. The lowest BCUT2D eigenvalue weighted by Gasteiger charge is -2.32. The maximum Gasteiger partial charge on any atom is 0.101 e. The maximum absolute atomic E-state index is 4.95. The monoisotopic (exact) mass is 384 g/mol. The van der Waals surface area contributed by atoms with Crippen LogP contribution in [0.15, 0.2) is 87.7 Å². The number of pyridine rings is 1. The Morgan fingerprint density at radius 2 is 1.82 bits per heavy atom. The molecule has 0 bridgehead atoms. The summed E-state index contributed by atoms with van der Waals surface area (Å²) < 4.78 is 0. The van der Waals surface area contributed by atoms with Gasteiger partial charge in [-0.05, 0) is 54.6 Å². The van der Waals surface area contributed by atoms with E-state index < -0.39 is 0 Å². The van der Waals surface area contributed by atoms with Gasteiger partial charge < -0.3 is 10.2 Å². The highest BCUT2D eigenvalue weighted by Gasteiger charge is 2.32. The summed E-state index contributed by atoms with van der Waals surface area (Å²) in [6.45, 7) is 0. The molecule has 138 valence electrons. The lowest BCUT2D eigenvalue weighted by atomic mass is 9.95. The van der Waals surface area contributed by atoms with E-state index in [1.165, 1.54) is 9.80 Å². The fourth-order valence-electron chi connectivity index (χ4n) is 3.54. The number of benzene rings is 2. The molecule has 2 heterocycles. The van der Waals surface area contributed by atoms with Crippen molar-refractivity contribution in [2.24, 2.45) is 4.99 Å². The highest BCUT2D eigenvalue weighted by molar-refractivity contribution is 8.03. The molecule has 2 aromatic carbocycles. The molecule has 0 spiro atoms. The molecule has 0 fully saturated rings. The Labute approximate surface area is 169 Å². The van der Waals surface area contributed by atoms with E-state index in [2.05, 4.69) is 70.9 Å². The van der Waals surface area contributed by atoms with Crippen LogP contribution in [0.4, 0.5) is 17.1 Å². The van der Waals surface area contributed by atoms with Crippen LogP contribution in [0, 0.1) is 0 Å². The van der Waals surface area contributed by atoms with Crippen molar-refractivity contribution in [2.75, 3.05) is 24.3 Å². The topological polar surface area (TPSA) is 40.5 Å². The van der Waals surface area contributed by atoms with Crippen LogP contribution in [0.5, 0.6) is 0 Å². The van der Waals surface area contributed by atoms with Crippen molar-refractivity contribution in [1.82, 2.24) is 4.98 Å². The molecule has 0 amide bonds. The molecular weight excluding hydrogens is 364 g/mol. The van der Waals surface area contributed by atoms with Crippen molar-refractivity contribution in [3.63, 3.8) is 0 Å². The lowest BCUT2D eigenvalue weighted by molar-refractivity contribution is 0.885. The molecule has 28 heavy (non-hydrogen) atoms. The van der Waals surface area contributed by atoms with Gasteiger partial charge in [0.2, 0.25) is 0 Å². The Morgan fingerprint density at radius 3 is 2.64 bits per heavy atom. The standard InChI is InChI=1S/C23H20N4S/c1-27(2)16-11-9-15(10-12-16)25-19-14-21-23(22-17(19)6-5-13-24-22)26-18-7-3-4-8-20(18)28-21/h3-14,23,26H,1-2H3. The van der Waals surface area contributed by atoms with E-state index >= 15 is 0 Å². The number of fused-ring (bicyclic) bond motifs is 4. The van der Waals surface area contributed by atoms with Gasteiger partial charge in [0, 0.05) is 47.0 Å². The number of rotatable bonds is 2. The molecule has 1 unspecified atom stereocenters. The van der Waals surface area contributed by atoms with Gasteiger partial charge in [0.05, 0.1) is 17.1 Å². The number of nitrogens with zero attached hydrogens (tertiary/aromatic N) is 3. The third-order valence-electron chi connectivity index (χ3n) is 4.98. The van der Waals surface area contributed by atoms with Gasteiger partial charge in [0.15, 0.2) is 0 Å². The number of allylic oxidation sites excluding steroid dienone is 1. The summed E-state index contributed by atoms with van der Waals surface area (Å²) in [6.07, 6.45) is 4.06. The highest BCUT2D eigenvalue weighted by atomic mass is 32.2. The van der Waals surface area contributed by atoms with Gasteiger partial charge in [-0.1, -0.05) is 23.9 Å². The number of para-hydroxylation sites is 1. The average Bonchev–Trinajstić information content (AvgIpc) is 2.73. The van der Waals surface area contributed by atoms with Gasteiger partial charge in [-0.2, -0.15) is 0 Å². The summed E-state index contributed by atoms with van der Waals surface area (Å²) in [4.78, 5) is 14.2. The fraction of sp³-hybridized carbons (Fsp3) is 0.130. The first-order chi connectivity index (χ1) is 13.7. The smallest absolute Gasteiger partial charge is 0.101 e. The van der Waals surface area contributed by atoms with Crippen LogP contribution >= 0.6 is 11.8 Å². The highest BCUT2D eigenvalue weighted by Crippen LogP contribution is 2.48. The van der Waals surface area contributed by atoms with Gasteiger partial charge >= 0.3 is 0 Å². The van der Waals surface area contributed by atoms with Crippen molar-refractivity contribution in [3.05, 3.63) is 89.1 Å². The van der Waals surface area contributed by atoms with Crippen LogP contribution in [-0.4, -0.2) is 24.8 Å². The van der Waals surface area contributed by atoms with E-state index in [1.807, 2.05) is 26.4 Å². The molecule has 1 aromatic heterocycles. The Kier molecular flexibility index (Phi) is 4.17. The Morgan fingerprint density at radius 1 is 1.00 bits per heavy atom. The Balaban J connectivity index is 1.59. The van der Waals surface area contributed by atoms with Crippen molar-refractivity contribution < 1.29 is 0 Å². The average molecular weight is 385 g/mol. The van der Waals surface area contributed by atoms with Crippen molar-refractivity contribution in [1.29, 1.82) is 0 Å². The molecule has 4 nitrogen and oxygen atoms in total. The number of nitrogens with one attached hydrogen (secondary N) is 1. The summed E-state index contributed by atoms with van der Waals surface area (Å²) >= 11 is 1.80. The molecule has 0 radical (unpaired) electrons. The molecule has 1 aliphatic carbocycles. The minimum atomic E-state index is 0.0752. The summed E-state index contributed by atoms with van der Waals surface area (Å²) in [5, 5.41) is 3.65. The van der Waals surface area contributed by atoms with Crippen molar-refractivity contribution in [2.45, 2.75) is 10.9 Å². The first-order valence-corrected chi connectivity index (χ1v) is 10.1. The molecule has 0 saturated heterocycles. The predicted molar refractivity (Wildman–Crippen MR) is 118 cm³/mol. The third-order valence-corrected chi connectivity index (χ3v) is 6.15. The summed E-state index contributed by atoms with van der Waals surface area (Å²) in [7, 11) is 4.08. The van der Waals surface area contributed by atoms with Crippen LogP contribution in [0.3, 0.4) is 0 Å². The molecule has 1 atom stereocenters. The minimum absolute atomic E-state index is 0.0752. The largest absolute Gasteiger partial charge is 0.378 e. The zero-order valence-corrected chi connectivity index (χ0v) is 16.6. The number of thioether (sulfide) groups is 1. The second-order valence-electron chi connectivity index (χ2n) is 7.07. The van der Waals surface area contributed by atoms with Gasteiger partial charge in [-0.25, -0.2) is 4.99 Å². The van der Waals surface area contributed by atoms with Gasteiger partial charge in [-0.15, -0.1) is 0 Å². The summed E-state index contributed by atoms with van der Waals surface area (Å²) in [5.41, 5.74) is 6.34. The van der Waals surface area contributed by atoms with Crippen molar-refractivity contribution in [3.8, 4) is 0 Å². The van der Waals surface area contributed by atoms with Crippen molar-refractivity contribution >= 4 is 34.5 Å². The van der Waals surface area contributed by atoms with Crippen LogP contribution in [0.2, 0.25) is 0 Å². The number of hydrogen-bond acceptors (Lipinski definition) is 5. The zero-order valence-electron chi connectivity index (χ0n) is 15.8. The molecule has 5 heteroatoms. The van der Waals surface area contributed by atoms with E-state index in [4.69, 9.17) is 9.98 Å². The molecule has 1 aliphatic heterocycles. The van der Waals surface area contributed by atoms with E-state index in [0.29, 0.717) is 0 Å². The quantitative estimate of drug-likeness (QED) is 0.640. The van der Waals surface area contributed by atoms with Crippen LogP contribution in [0.25, 0.3) is 0 Å². The first kappa shape index (κ1) is 17.1. The Hall–Kier alpha value is -3.05. The van der Waals surface area contributed by atoms with Crippen LogP contribution in [-0.2, 0) is 0 Å². The van der Waals surface area contributed by atoms with E-state index in [9.17, 15) is 0 Å². The molecule has 1 N–H and O–H groups in total. The second kappa shape index (κ2) is 6.84. The summed E-state index contributed by atoms with van der Waals surface area (Å²) in [6, 6.07) is 20.9. The van der Waals surface area contributed by atoms with Crippen LogP contribution < -0.4 is 10.2 Å². The Bertz CT molecular complexity index is 1100. The second-order valence-corrected chi connectivity index (χ2v) is 8.18. The zero-order chi connectivity index (χ0) is 19.1. The minimum Gasteiger partial charge on any atom is -0.378 e. The van der Waals surface area contributed by atoms with Gasteiger partial charge in [-0.3, -0.25) is 4.98 Å². The molecule has 3 aromatic rings. The van der Waals surface area contributed by atoms with E-state index in [-0.39, 0.29) is 6.04 Å². The van der Waals surface area contributed by atoms with Gasteiger partial charge in [0.1, 0.15) is 6.04 Å². The number of hydrogen-bond donors (Lipinski definition) is 1. The fourth-order valence-corrected chi connectivity index (χ4v) is 4.63. The molecule has 0 saturated carbocycles.